The molecule has 0 aliphatic heterocycles. The van der Waals surface area contributed by atoms with Crippen molar-refractivity contribution >= 4 is 49.6 Å². The van der Waals surface area contributed by atoms with Gasteiger partial charge in [-0.3, -0.25) is 0 Å². The molecule has 0 spiro atoms. The summed E-state index contributed by atoms with van der Waals surface area (Å²) in [4.78, 5) is 2.49. The first-order chi connectivity index (χ1) is 29.8. The van der Waals surface area contributed by atoms with Gasteiger partial charge in [-0.15, -0.1) is 0 Å². The Kier molecular flexibility index (Phi) is 8.87. The molecule has 0 aliphatic carbocycles. The Balaban J connectivity index is 1.20. The Hall–Kier alpha value is -7.94. The van der Waals surface area contributed by atoms with E-state index in [2.05, 4.69) is 252 Å². The fourth-order valence-corrected chi connectivity index (χ4v) is 9.00. The lowest BCUT2D eigenvalue weighted by Gasteiger charge is -2.30. The highest BCUT2D eigenvalue weighted by Gasteiger charge is 2.24. The zero-order valence-corrected chi connectivity index (χ0v) is 33.0. The molecule has 60 heavy (non-hydrogen) atoms. The molecule has 2 nitrogen and oxygen atoms in total. The summed E-state index contributed by atoms with van der Waals surface area (Å²) in [5.41, 5.74) is 16.2. The Bertz CT molecular complexity index is 3310. The van der Waals surface area contributed by atoms with Crippen molar-refractivity contribution in [2.75, 3.05) is 4.90 Å². The third-order valence-electron chi connectivity index (χ3n) is 11.8. The number of aromatic nitrogens is 1. The topological polar surface area (TPSA) is 8.17 Å². The van der Waals surface area contributed by atoms with E-state index >= 15 is 0 Å². The molecule has 0 fully saturated rings. The lowest BCUT2D eigenvalue weighted by molar-refractivity contribution is 1.18. The van der Waals surface area contributed by atoms with E-state index in [1.165, 1.54) is 60.4 Å². The van der Waals surface area contributed by atoms with Crippen molar-refractivity contribution in [1.29, 1.82) is 0 Å². The molecule has 11 rings (SSSR count). The van der Waals surface area contributed by atoms with Gasteiger partial charge in [-0.2, -0.15) is 0 Å². The van der Waals surface area contributed by atoms with Gasteiger partial charge in [-0.25, -0.2) is 0 Å². The van der Waals surface area contributed by atoms with Gasteiger partial charge >= 0.3 is 0 Å². The average Bonchev–Trinajstić information content (AvgIpc) is 3.67. The molecule has 2 heteroatoms. The van der Waals surface area contributed by atoms with Gasteiger partial charge in [0.2, 0.25) is 0 Å². The number of nitrogens with zero attached hydrogens (tertiary/aromatic N) is 2. The van der Waals surface area contributed by atoms with Gasteiger partial charge in [-0.1, -0.05) is 182 Å². The van der Waals surface area contributed by atoms with E-state index in [1.807, 2.05) is 0 Å². The molecular weight excluding hydrogens is 725 g/mol. The number of hydrogen-bond acceptors (Lipinski definition) is 1. The first kappa shape index (κ1) is 35.2. The van der Waals surface area contributed by atoms with Crippen molar-refractivity contribution in [3.05, 3.63) is 243 Å². The smallest absolute Gasteiger partial charge is 0.0562 e. The standard InChI is InChI=1S/C58H40N2/c1-4-18-41(19-5-1)45-24-16-25-46(38-45)51-28-12-14-30-54(51)60(57-33-17-32-56-58(57)52-29-13-15-31-55(52)59(56)48-26-8-3-9-27-48)49-36-37-50(53(40-49)43-21-6-2-7-22-43)47-35-34-42-20-10-11-23-44(42)39-47/h1-40H. The number of fused-ring (bicyclic) bond motifs is 4. The second-order valence-electron chi connectivity index (χ2n) is 15.3. The highest BCUT2D eigenvalue weighted by atomic mass is 15.2. The van der Waals surface area contributed by atoms with E-state index in [0.717, 1.165) is 39.4 Å². The molecule has 0 unspecified atom stereocenters. The molecule has 0 N–H and O–H groups in total. The van der Waals surface area contributed by atoms with Gasteiger partial charge in [0.15, 0.2) is 0 Å². The van der Waals surface area contributed by atoms with Crippen LogP contribution in [-0.4, -0.2) is 4.57 Å². The molecule has 1 heterocycles. The van der Waals surface area contributed by atoms with Gasteiger partial charge in [-0.05, 0) is 110 Å². The number of rotatable bonds is 8. The van der Waals surface area contributed by atoms with E-state index in [4.69, 9.17) is 0 Å². The van der Waals surface area contributed by atoms with Crippen molar-refractivity contribution < 1.29 is 0 Å². The van der Waals surface area contributed by atoms with Crippen molar-refractivity contribution in [3.63, 3.8) is 0 Å². The first-order valence-electron chi connectivity index (χ1n) is 20.6. The largest absolute Gasteiger partial charge is 0.309 e. The Morgan fingerprint density at radius 3 is 1.73 bits per heavy atom. The van der Waals surface area contributed by atoms with E-state index in [-0.39, 0.29) is 0 Å². The van der Waals surface area contributed by atoms with Crippen molar-refractivity contribution in [2.24, 2.45) is 0 Å². The minimum absolute atomic E-state index is 1.08. The van der Waals surface area contributed by atoms with Crippen LogP contribution in [0.2, 0.25) is 0 Å². The van der Waals surface area contributed by atoms with Crippen molar-refractivity contribution in [2.45, 2.75) is 0 Å². The highest BCUT2D eigenvalue weighted by Crippen LogP contribution is 2.48. The summed E-state index contributed by atoms with van der Waals surface area (Å²) < 4.78 is 2.40. The summed E-state index contributed by atoms with van der Waals surface area (Å²) in [6.07, 6.45) is 0. The van der Waals surface area contributed by atoms with Crippen LogP contribution in [-0.2, 0) is 0 Å². The quantitative estimate of drug-likeness (QED) is 0.150. The van der Waals surface area contributed by atoms with E-state index < -0.39 is 0 Å². The van der Waals surface area contributed by atoms with Crippen LogP contribution in [0, 0.1) is 0 Å². The zero-order chi connectivity index (χ0) is 39.8. The molecule has 282 valence electrons. The van der Waals surface area contributed by atoms with Crippen LogP contribution < -0.4 is 4.90 Å². The third kappa shape index (κ3) is 6.23. The normalized spacial score (nSPS) is 11.3. The van der Waals surface area contributed by atoms with Crippen LogP contribution in [0.25, 0.3) is 82.8 Å². The minimum atomic E-state index is 1.08. The van der Waals surface area contributed by atoms with Crippen LogP contribution in [0.1, 0.15) is 0 Å². The molecule has 0 saturated heterocycles. The summed E-state index contributed by atoms with van der Waals surface area (Å²) in [5, 5.41) is 4.87. The zero-order valence-electron chi connectivity index (χ0n) is 33.0. The van der Waals surface area contributed by atoms with Crippen molar-refractivity contribution in [1.82, 2.24) is 4.57 Å². The van der Waals surface area contributed by atoms with Crippen LogP contribution in [0.15, 0.2) is 243 Å². The summed E-state index contributed by atoms with van der Waals surface area (Å²) >= 11 is 0. The lowest BCUT2D eigenvalue weighted by atomic mass is 9.92. The maximum Gasteiger partial charge on any atom is 0.0562 e. The molecule has 1 aromatic heterocycles. The maximum atomic E-state index is 2.49. The predicted molar refractivity (Wildman–Crippen MR) is 255 cm³/mol. The number of para-hydroxylation sites is 3. The summed E-state index contributed by atoms with van der Waals surface area (Å²) in [7, 11) is 0. The van der Waals surface area contributed by atoms with E-state index in [1.54, 1.807) is 0 Å². The van der Waals surface area contributed by atoms with Crippen LogP contribution >= 0.6 is 0 Å². The first-order valence-corrected chi connectivity index (χ1v) is 20.6. The summed E-state index contributed by atoms with van der Waals surface area (Å²) in [6.45, 7) is 0. The van der Waals surface area contributed by atoms with Crippen LogP contribution in [0.5, 0.6) is 0 Å². The minimum Gasteiger partial charge on any atom is -0.309 e. The second-order valence-corrected chi connectivity index (χ2v) is 15.3. The van der Waals surface area contributed by atoms with E-state index in [0.29, 0.717) is 0 Å². The molecule has 0 bridgehead atoms. The predicted octanol–water partition coefficient (Wildman–Crippen LogP) is 16.1. The van der Waals surface area contributed by atoms with E-state index in [9.17, 15) is 0 Å². The molecule has 0 aliphatic rings. The highest BCUT2D eigenvalue weighted by molar-refractivity contribution is 6.17. The molecule has 11 aromatic rings. The van der Waals surface area contributed by atoms with Gasteiger partial charge < -0.3 is 9.47 Å². The Morgan fingerprint density at radius 1 is 0.300 bits per heavy atom. The van der Waals surface area contributed by atoms with Gasteiger partial charge in [0.1, 0.15) is 0 Å². The average molecular weight is 765 g/mol. The summed E-state index contributed by atoms with van der Waals surface area (Å²) in [6, 6.07) is 88.0. The molecule has 0 atom stereocenters. The number of benzene rings is 10. The molecule has 0 radical (unpaired) electrons. The van der Waals surface area contributed by atoms with Crippen LogP contribution in [0.3, 0.4) is 0 Å². The Labute approximate surface area is 350 Å². The second kappa shape index (κ2) is 15.1. The van der Waals surface area contributed by atoms with Gasteiger partial charge in [0, 0.05) is 27.7 Å². The maximum absolute atomic E-state index is 2.49. The van der Waals surface area contributed by atoms with Crippen molar-refractivity contribution in [3.8, 4) is 50.2 Å². The summed E-state index contributed by atoms with van der Waals surface area (Å²) in [5.74, 6) is 0. The van der Waals surface area contributed by atoms with Crippen LogP contribution in [0.4, 0.5) is 17.1 Å². The number of anilines is 3. The third-order valence-corrected chi connectivity index (χ3v) is 11.8. The Morgan fingerprint density at radius 2 is 0.900 bits per heavy atom. The SMILES string of the molecule is c1ccc(-c2cccc(-c3ccccc3N(c3ccc(-c4ccc5ccccc5c4)c(-c4ccccc4)c3)c3cccc4c3c3ccccc3n4-c3ccccc3)c2)cc1. The molecule has 0 amide bonds. The lowest BCUT2D eigenvalue weighted by Crippen LogP contribution is -2.12. The fraction of sp³-hybridized carbons (Fsp3) is 0. The molecular formula is C58H40N2. The monoisotopic (exact) mass is 764 g/mol. The molecule has 0 saturated carbocycles. The number of hydrogen-bond donors (Lipinski definition) is 0. The van der Waals surface area contributed by atoms with Gasteiger partial charge in [0.25, 0.3) is 0 Å². The molecule has 10 aromatic carbocycles. The fourth-order valence-electron chi connectivity index (χ4n) is 9.00. The van der Waals surface area contributed by atoms with Gasteiger partial charge in [0.05, 0.1) is 22.4 Å².